The molecule has 0 saturated heterocycles. The molecule has 1 aromatic heterocycles. The second-order valence-corrected chi connectivity index (χ2v) is 4.76. The van der Waals surface area contributed by atoms with Crippen molar-refractivity contribution in [3.63, 3.8) is 0 Å². The Hall–Kier alpha value is -0.380. The summed E-state index contributed by atoms with van der Waals surface area (Å²) in [5.74, 6) is 0.281. The van der Waals surface area contributed by atoms with Crippen molar-refractivity contribution >= 4 is 11.3 Å². The number of aliphatic hydroxyl groups is 1. The Bertz CT molecular complexity index is 310. The van der Waals surface area contributed by atoms with E-state index in [0.29, 0.717) is 6.54 Å². The van der Waals surface area contributed by atoms with Gasteiger partial charge in [-0.1, -0.05) is 6.92 Å². The van der Waals surface area contributed by atoms with Gasteiger partial charge < -0.3 is 10.8 Å². The molecule has 0 radical (unpaired) electrons. The second kappa shape index (κ2) is 3.08. The molecule has 2 atom stereocenters. The van der Waals surface area contributed by atoms with Gasteiger partial charge in [0.2, 0.25) is 0 Å². The molecule has 13 heavy (non-hydrogen) atoms. The first-order valence-corrected chi connectivity index (χ1v) is 5.55. The maximum Gasteiger partial charge on any atom is 0.114 e. The summed E-state index contributed by atoms with van der Waals surface area (Å²) in [5.41, 5.74) is 6.18. The van der Waals surface area contributed by atoms with Gasteiger partial charge in [0.1, 0.15) is 5.60 Å². The van der Waals surface area contributed by atoms with Crippen molar-refractivity contribution in [1.29, 1.82) is 0 Å². The molecule has 2 rings (SSSR count). The van der Waals surface area contributed by atoms with Gasteiger partial charge in [-0.25, -0.2) is 0 Å². The highest BCUT2D eigenvalue weighted by Crippen LogP contribution is 2.41. The van der Waals surface area contributed by atoms with Gasteiger partial charge in [-0.05, 0) is 35.8 Å². The van der Waals surface area contributed by atoms with Gasteiger partial charge >= 0.3 is 0 Å². The van der Waals surface area contributed by atoms with Crippen LogP contribution in [0.4, 0.5) is 0 Å². The maximum atomic E-state index is 10.4. The van der Waals surface area contributed by atoms with Crippen LogP contribution < -0.4 is 5.73 Å². The van der Waals surface area contributed by atoms with Gasteiger partial charge in [-0.2, -0.15) is 0 Å². The van der Waals surface area contributed by atoms with E-state index in [2.05, 4.69) is 13.0 Å². The fourth-order valence-corrected chi connectivity index (χ4v) is 3.22. The van der Waals surface area contributed by atoms with E-state index in [4.69, 9.17) is 5.73 Å². The van der Waals surface area contributed by atoms with Crippen LogP contribution in [0.3, 0.4) is 0 Å². The quantitative estimate of drug-likeness (QED) is 0.716. The Morgan fingerprint density at radius 1 is 1.77 bits per heavy atom. The van der Waals surface area contributed by atoms with E-state index in [9.17, 15) is 5.11 Å². The third kappa shape index (κ3) is 1.23. The summed E-state index contributed by atoms with van der Waals surface area (Å²) in [6.45, 7) is 2.41. The van der Waals surface area contributed by atoms with Crippen LogP contribution in [0.25, 0.3) is 0 Å². The SMILES string of the molecule is CC1CCc2ccsc2C1(O)CN. The molecule has 1 aromatic rings. The van der Waals surface area contributed by atoms with Crippen LogP contribution in [0.2, 0.25) is 0 Å². The number of hydrogen-bond acceptors (Lipinski definition) is 3. The van der Waals surface area contributed by atoms with Crippen LogP contribution >= 0.6 is 11.3 Å². The van der Waals surface area contributed by atoms with E-state index in [1.807, 2.05) is 5.38 Å². The van der Waals surface area contributed by atoms with E-state index in [-0.39, 0.29) is 5.92 Å². The van der Waals surface area contributed by atoms with Gasteiger partial charge in [0.05, 0.1) is 0 Å². The Morgan fingerprint density at radius 2 is 2.54 bits per heavy atom. The molecule has 3 heteroatoms. The molecule has 1 heterocycles. The third-order valence-corrected chi connectivity index (χ3v) is 4.24. The fraction of sp³-hybridized carbons (Fsp3) is 0.600. The molecule has 1 aliphatic carbocycles. The summed E-state index contributed by atoms with van der Waals surface area (Å²) >= 11 is 1.63. The molecule has 0 spiro atoms. The van der Waals surface area contributed by atoms with E-state index in [1.165, 1.54) is 5.56 Å². The molecule has 0 aliphatic heterocycles. The zero-order valence-corrected chi connectivity index (χ0v) is 8.60. The highest BCUT2D eigenvalue weighted by Gasteiger charge is 2.39. The Kier molecular flexibility index (Phi) is 2.18. The van der Waals surface area contributed by atoms with Gasteiger partial charge in [0.25, 0.3) is 0 Å². The Balaban J connectivity index is 2.47. The van der Waals surface area contributed by atoms with Crippen molar-refractivity contribution < 1.29 is 5.11 Å². The van der Waals surface area contributed by atoms with Gasteiger partial charge in [0.15, 0.2) is 0 Å². The van der Waals surface area contributed by atoms with E-state index in [1.54, 1.807) is 11.3 Å². The smallest absolute Gasteiger partial charge is 0.114 e. The number of rotatable bonds is 1. The summed E-state index contributed by atoms with van der Waals surface area (Å²) in [6.07, 6.45) is 2.12. The molecule has 2 unspecified atom stereocenters. The molecule has 72 valence electrons. The molecular formula is C10H15NOS. The molecular weight excluding hydrogens is 182 g/mol. The lowest BCUT2D eigenvalue weighted by molar-refractivity contribution is -0.0153. The maximum absolute atomic E-state index is 10.4. The van der Waals surface area contributed by atoms with Crippen molar-refractivity contribution in [1.82, 2.24) is 0 Å². The average Bonchev–Trinajstić information content (AvgIpc) is 2.60. The Morgan fingerprint density at radius 3 is 3.23 bits per heavy atom. The molecule has 2 nitrogen and oxygen atoms in total. The van der Waals surface area contributed by atoms with Gasteiger partial charge in [-0.15, -0.1) is 11.3 Å². The number of nitrogens with two attached hydrogens (primary N) is 1. The van der Waals surface area contributed by atoms with E-state index in [0.717, 1.165) is 17.7 Å². The highest BCUT2D eigenvalue weighted by molar-refractivity contribution is 7.10. The minimum atomic E-state index is -0.762. The normalized spacial score (nSPS) is 33.0. The molecule has 1 aliphatic rings. The first-order chi connectivity index (χ1) is 6.18. The fourth-order valence-electron chi connectivity index (χ4n) is 2.04. The van der Waals surface area contributed by atoms with Crippen molar-refractivity contribution in [3.8, 4) is 0 Å². The number of thiophene rings is 1. The van der Waals surface area contributed by atoms with Crippen LogP contribution in [0.1, 0.15) is 23.8 Å². The van der Waals surface area contributed by atoms with Crippen LogP contribution in [-0.2, 0) is 12.0 Å². The topological polar surface area (TPSA) is 46.2 Å². The standard InChI is InChI=1S/C10H15NOS/c1-7-2-3-8-4-5-13-9(8)10(7,12)6-11/h4-5,7,12H,2-3,6,11H2,1H3. The van der Waals surface area contributed by atoms with Crippen LogP contribution in [0.5, 0.6) is 0 Å². The summed E-state index contributed by atoms with van der Waals surface area (Å²) in [5, 5.41) is 12.4. The van der Waals surface area contributed by atoms with Crippen LogP contribution in [0, 0.1) is 5.92 Å². The molecule has 3 N–H and O–H groups in total. The monoisotopic (exact) mass is 197 g/mol. The Labute approximate surface area is 82.4 Å². The molecule has 0 bridgehead atoms. The predicted octanol–water partition coefficient (Wildman–Crippen LogP) is 1.48. The molecule has 0 saturated carbocycles. The van der Waals surface area contributed by atoms with Crippen molar-refractivity contribution in [2.45, 2.75) is 25.4 Å². The minimum Gasteiger partial charge on any atom is -0.383 e. The number of hydrogen-bond donors (Lipinski definition) is 2. The first-order valence-electron chi connectivity index (χ1n) is 4.68. The van der Waals surface area contributed by atoms with E-state index < -0.39 is 5.60 Å². The summed E-state index contributed by atoms with van der Waals surface area (Å²) in [6, 6.07) is 2.10. The zero-order chi connectivity index (χ0) is 9.47. The number of aryl methyl sites for hydroxylation is 1. The number of fused-ring (bicyclic) bond motifs is 1. The van der Waals surface area contributed by atoms with Gasteiger partial charge in [0, 0.05) is 11.4 Å². The third-order valence-electron chi connectivity index (χ3n) is 3.11. The molecule has 0 amide bonds. The lowest BCUT2D eigenvalue weighted by Crippen LogP contribution is -2.43. The lowest BCUT2D eigenvalue weighted by Gasteiger charge is -2.36. The van der Waals surface area contributed by atoms with Gasteiger partial charge in [-0.3, -0.25) is 0 Å². The summed E-state index contributed by atoms with van der Waals surface area (Å²) in [4.78, 5) is 1.09. The largest absolute Gasteiger partial charge is 0.383 e. The molecule has 0 aromatic carbocycles. The van der Waals surface area contributed by atoms with Crippen LogP contribution in [0.15, 0.2) is 11.4 Å². The van der Waals surface area contributed by atoms with Crippen molar-refractivity contribution in [2.75, 3.05) is 6.54 Å². The van der Waals surface area contributed by atoms with Crippen LogP contribution in [-0.4, -0.2) is 11.7 Å². The predicted molar refractivity (Wildman–Crippen MR) is 54.8 cm³/mol. The summed E-state index contributed by atoms with van der Waals surface area (Å²) < 4.78 is 0. The highest BCUT2D eigenvalue weighted by atomic mass is 32.1. The molecule has 0 fully saturated rings. The van der Waals surface area contributed by atoms with Crippen molar-refractivity contribution in [3.05, 3.63) is 21.9 Å². The zero-order valence-electron chi connectivity index (χ0n) is 7.79. The second-order valence-electron chi connectivity index (χ2n) is 3.84. The van der Waals surface area contributed by atoms with E-state index >= 15 is 0 Å². The minimum absolute atomic E-state index is 0.281. The lowest BCUT2D eigenvalue weighted by atomic mass is 9.77. The summed E-state index contributed by atoms with van der Waals surface area (Å²) in [7, 11) is 0. The first kappa shape index (κ1) is 9.19. The van der Waals surface area contributed by atoms with Crippen molar-refractivity contribution in [2.24, 2.45) is 11.7 Å². The average molecular weight is 197 g/mol.